The lowest BCUT2D eigenvalue weighted by Crippen LogP contribution is -2.36. The van der Waals surface area contributed by atoms with E-state index in [0.29, 0.717) is 31.2 Å². The Bertz CT molecular complexity index is 703. The Labute approximate surface area is 213 Å². The van der Waals surface area contributed by atoms with Gasteiger partial charge in [-0.3, -0.25) is 9.59 Å². The third-order valence-electron chi connectivity index (χ3n) is 6.55. The molecule has 2 aliphatic heterocycles. The standard InChI is InChI=1S/C24H43N7O3S/c25-31-28-17-11-4-2-1-3-9-15-26-21(32)13-6-5-10-16-27-22(33)14-8-7-12-20-23-19(18-35-20)29-24(34)30-23/h19-20,23H,1-18H2,(H,26,32)(H,27,33)(H2,29,30,34)/t19-,20-,23-/m0/s1. The number of amides is 4. The van der Waals surface area contributed by atoms with Gasteiger partial charge in [-0.1, -0.05) is 43.6 Å². The molecule has 2 heterocycles. The van der Waals surface area contributed by atoms with Crippen molar-refractivity contribution in [1.82, 2.24) is 21.3 Å². The summed E-state index contributed by atoms with van der Waals surface area (Å²) in [6, 6.07) is 0.446. The number of fused-ring (bicyclic) bond motifs is 1. The van der Waals surface area contributed by atoms with E-state index in [2.05, 4.69) is 31.3 Å². The fourth-order valence-corrected chi connectivity index (χ4v) is 6.10. The van der Waals surface area contributed by atoms with Crippen molar-refractivity contribution in [2.75, 3.05) is 25.4 Å². The molecular formula is C24H43N7O3S. The zero-order valence-electron chi connectivity index (χ0n) is 20.9. The SMILES string of the molecule is [N-]=[N+]=NCCCCCCCCNC(=O)CCCCCNC(=O)CCCC[C@@H]1SC[C@@H]2NC(=O)N[C@@H]21. The fourth-order valence-electron chi connectivity index (χ4n) is 4.55. The van der Waals surface area contributed by atoms with Crippen LogP contribution in [0.1, 0.15) is 89.9 Å². The van der Waals surface area contributed by atoms with Crippen LogP contribution in [0.5, 0.6) is 0 Å². The topological polar surface area (TPSA) is 148 Å². The highest BCUT2D eigenvalue weighted by Crippen LogP contribution is 2.33. The highest BCUT2D eigenvalue weighted by Gasteiger charge is 2.42. The van der Waals surface area contributed by atoms with E-state index < -0.39 is 0 Å². The second kappa shape index (κ2) is 18.2. The van der Waals surface area contributed by atoms with Crippen LogP contribution in [-0.4, -0.2) is 60.6 Å². The molecule has 4 N–H and O–H groups in total. The summed E-state index contributed by atoms with van der Waals surface area (Å²) < 4.78 is 0. The van der Waals surface area contributed by atoms with Crippen LogP contribution in [0.15, 0.2) is 5.11 Å². The Balaban J connectivity index is 1.31. The lowest BCUT2D eigenvalue weighted by atomic mass is 10.0. The first-order chi connectivity index (χ1) is 17.1. The highest BCUT2D eigenvalue weighted by molar-refractivity contribution is 8.00. The molecule has 0 aromatic rings. The number of carbonyl (C=O) groups excluding carboxylic acids is 3. The third-order valence-corrected chi connectivity index (χ3v) is 8.06. The van der Waals surface area contributed by atoms with E-state index in [1.54, 1.807) is 0 Å². The normalized spacial score (nSPS) is 20.5. The van der Waals surface area contributed by atoms with Gasteiger partial charge in [-0.25, -0.2) is 4.79 Å². The van der Waals surface area contributed by atoms with E-state index in [9.17, 15) is 14.4 Å². The molecule has 2 fully saturated rings. The summed E-state index contributed by atoms with van der Waals surface area (Å²) in [5.41, 5.74) is 8.21. The Kier molecular flexibility index (Phi) is 15.1. The molecule has 2 rings (SSSR count). The van der Waals surface area contributed by atoms with Crippen molar-refractivity contribution in [1.29, 1.82) is 0 Å². The quantitative estimate of drug-likeness (QED) is 0.0641. The van der Waals surface area contributed by atoms with Crippen LogP contribution in [0.2, 0.25) is 0 Å². The minimum Gasteiger partial charge on any atom is -0.356 e. The Morgan fingerprint density at radius 3 is 2.17 bits per heavy atom. The van der Waals surface area contributed by atoms with Crippen LogP contribution >= 0.6 is 11.8 Å². The van der Waals surface area contributed by atoms with Gasteiger partial charge in [0.25, 0.3) is 0 Å². The number of azide groups is 1. The van der Waals surface area contributed by atoms with Crippen LogP contribution in [0.3, 0.4) is 0 Å². The van der Waals surface area contributed by atoms with Crippen molar-refractivity contribution in [2.45, 2.75) is 107 Å². The van der Waals surface area contributed by atoms with Crippen molar-refractivity contribution in [2.24, 2.45) is 5.11 Å². The summed E-state index contributed by atoms with van der Waals surface area (Å²) in [6.45, 7) is 1.99. The van der Waals surface area contributed by atoms with Crippen molar-refractivity contribution in [3.8, 4) is 0 Å². The number of carbonyl (C=O) groups is 3. The largest absolute Gasteiger partial charge is 0.356 e. The Hall–Kier alpha value is -2.13. The molecule has 2 saturated heterocycles. The number of rotatable bonds is 20. The first-order valence-corrected chi connectivity index (χ1v) is 14.4. The van der Waals surface area contributed by atoms with Crippen molar-refractivity contribution >= 4 is 29.6 Å². The average Bonchev–Trinajstić information content (AvgIpc) is 3.39. The number of unbranched alkanes of at least 4 members (excludes halogenated alkanes) is 8. The molecule has 10 nitrogen and oxygen atoms in total. The Morgan fingerprint density at radius 2 is 1.49 bits per heavy atom. The van der Waals surface area contributed by atoms with E-state index >= 15 is 0 Å². The summed E-state index contributed by atoms with van der Waals surface area (Å²) in [4.78, 5) is 38.1. The number of urea groups is 1. The van der Waals surface area contributed by atoms with Crippen LogP contribution in [0.4, 0.5) is 4.79 Å². The predicted octanol–water partition coefficient (Wildman–Crippen LogP) is 4.16. The molecule has 0 bridgehead atoms. The number of hydrogen-bond acceptors (Lipinski definition) is 5. The van der Waals surface area contributed by atoms with Crippen LogP contribution < -0.4 is 21.3 Å². The maximum absolute atomic E-state index is 12.0. The maximum Gasteiger partial charge on any atom is 0.315 e. The van der Waals surface area contributed by atoms with Gasteiger partial charge in [0.1, 0.15) is 0 Å². The fraction of sp³-hybridized carbons (Fsp3) is 0.875. The summed E-state index contributed by atoms with van der Waals surface area (Å²) >= 11 is 1.91. The minimum absolute atomic E-state index is 0.0516. The first-order valence-electron chi connectivity index (χ1n) is 13.3. The van der Waals surface area contributed by atoms with Crippen molar-refractivity contribution in [3.63, 3.8) is 0 Å². The number of hydrogen-bond donors (Lipinski definition) is 4. The molecule has 35 heavy (non-hydrogen) atoms. The van der Waals surface area contributed by atoms with Gasteiger partial charge in [-0.15, -0.1) is 0 Å². The van der Waals surface area contributed by atoms with E-state index in [-0.39, 0.29) is 29.9 Å². The summed E-state index contributed by atoms with van der Waals surface area (Å²) in [7, 11) is 0. The number of nitrogens with one attached hydrogen (secondary N) is 4. The Morgan fingerprint density at radius 1 is 0.886 bits per heavy atom. The lowest BCUT2D eigenvalue weighted by Gasteiger charge is -2.16. The molecule has 0 aromatic carbocycles. The summed E-state index contributed by atoms with van der Waals surface area (Å²) in [5.74, 6) is 1.19. The molecule has 11 heteroatoms. The lowest BCUT2D eigenvalue weighted by molar-refractivity contribution is -0.122. The molecular weight excluding hydrogens is 466 g/mol. The summed E-state index contributed by atoms with van der Waals surface area (Å²) in [6.07, 6.45) is 13.1. The van der Waals surface area contributed by atoms with Gasteiger partial charge in [0, 0.05) is 48.4 Å². The van der Waals surface area contributed by atoms with Gasteiger partial charge < -0.3 is 21.3 Å². The molecule has 0 saturated carbocycles. The van der Waals surface area contributed by atoms with E-state index in [1.807, 2.05) is 11.8 Å². The highest BCUT2D eigenvalue weighted by atomic mass is 32.2. The van der Waals surface area contributed by atoms with E-state index in [1.165, 1.54) is 0 Å². The first kappa shape index (κ1) is 29.1. The zero-order valence-corrected chi connectivity index (χ0v) is 21.8. The molecule has 0 spiro atoms. The van der Waals surface area contributed by atoms with Crippen LogP contribution in [0.25, 0.3) is 10.4 Å². The molecule has 0 unspecified atom stereocenters. The number of nitrogens with zero attached hydrogens (tertiary/aromatic N) is 3. The monoisotopic (exact) mass is 509 g/mol. The van der Waals surface area contributed by atoms with Gasteiger partial charge in [0.05, 0.1) is 12.1 Å². The minimum atomic E-state index is -0.0516. The molecule has 0 radical (unpaired) electrons. The average molecular weight is 510 g/mol. The molecule has 4 amide bonds. The maximum atomic E-state index is 12.0. The van der Waals surface area contributed by atoms with Gasteiger partial charge in [-0.05, 0) is 44.1 Å². The summed E-state index contributed by atoms with van der Waals surface area (Å²) in [5, 5.41) is 15.9. The van der Waals surface area contributed by atoms with Crippen LogP contribution in [0, 0.1) is 0 Å². The molecule has 3 atom stereocenters. The van der Waals surface area contributed by atoms with Gasteiger partial charge in [-0.2, -0.15) is 11.8 Å². The second-order valence-electron chi connectivity index (χ2n) is 9.45. The van der Waals surface area contributed by atoms with Gasteiger partial charge in [0.2, 0.25) is 11.8 Å². The zero-order chi connectivity index (χ0) is 25.1. The molecule has 0 aliphatic carbocycles. The van der Waals surface area contributed by atoms with E-state index in [0.717, 1.165) is 89.3 Å². The van der Waals surface area contributed by atoms with Gasteiger partial charge >= 0.3 is 6.03 Å². The van der Waals surface area contributed by atoms with Gasteiger partial charge in [0.15, 0.2) is 0 Å². The predicted molar refractivity (Wildman–Crippen MR) is 140 cm³/mol. The van der Waals surface area contributed by atoms with Crippen LogP contribution in [-0.2, 0) is 9.59 Å². The molecule has 198 valence electrons. The van der Waals surface area contributed by atoms with Crippen molar-refractivity contribution < 1.29 is 14.4 Å². The molecule has 2 aliphatic rings. The third kappa shape index (κ3) is 12.9. The van der Waals surface area contributed by atoms with Crippen molar-refractivity contribution in [3.05, 3.63) is 10.4 Å². The second-order valence-corrected chi connectivity index (χ2v) is 10.7. The van der Waals surface area contributed by atoms with E-state index in [4.69, 9.17) is 5.53 Å². The smallest absolute Gasteiger partial charge is 0.315 e. The molecule has 0 aromatic heterocycles. The number of thioether (sulfide) groups is 1.